The number of carbonyl (C=O) groups excluding carboxylic acids is 1. The van der Waals surface area contributed by atoms with E-state index in [1.807, 2.05) is 57.2 Å². The zero-order valence-electron chi connectivity index (χ0n) is 29.2. The van der Waals surface area contributed by atoms with Gasteiger partial charge >= 0.3 is 12.1 Å². The van der Waals surface area contributed by atoms with E-state index >= 15 is 0 Å². The molecule has 1 saturated carbocycles. The Morgan fingerprint density at radius 2 is 1.60 bits per heavy atom. The van der Waals surface area contributed by atoms with Gasteiger partial charge in [-0.25, -0.2) is 14.0 Å². The van der Waals surface area contributed by atoms with Crippen LogP contribution in [0.5, 0.6) is 5.75 Å². The topological polar surface area (TPSA) is 123 Å². The minimum Gasteiger partial charge on any atom is -0.490 e. The summed E-state index contributed by atoms with van der Waals surface area (Å²) in [6.07, 6.45) is 5.71. The lowest BCUT2D eigenvalue weighted by Crippen LogP contribution is -2.45. The van der Waals surface area contributed by atoms with E-state index in [-0.39, 0.29) is 29.1 Å². The van der Waals surface area contributed by atoms with Crippen LogP contribution in [-0.4, -0.2) is 79.9 Å². The summed E-state index contributed by atoms with van der Waals surface area (Å²) >= 11 is 0. The van der Waals surface area contributed by atoms with E-state index in [2.05, 4.69) is 4.90 Å². The molecule has 12 heteroatoms. The van der Waals surface area contributed by atoms with Gasteiger partial charge in [0.15, 0.2) is 0 Å². The average molecular weight is 710 g/mol. The number of carboxylic acid groups (broad SMARTS) is 1. The monoisotopic (exact) mass is 709 g/mol. The highest BCUT2D eigenvalue weighted by molar-refractivity contribution is 8.22. The van der Waals surface area contributed by atoms with Crippen molar-refractivity contribution in [3.63, 3.8) is 0 Å². The van der Waals surface area contributed by atoms with Crippen LogP contribution in [0.25, 0.3) is 11.1 Å². The molecule has 1 amide bonds. The molecule has 1 saturated heterocycles. The summed E-state index contributed by atoms with van der Waals surface area (Å²) in [5.41, 5.74) is 1.13. The Kier molecular flexibility index (Phi) is 10.4. The van der Waals surface area contributed by atoms with Gasteiger partial charge in [0, 0.05) is 62.9 Å². The second-order valence-corrected chi connectivity index (χ2v) is 16.6. The molecule has 3 aromatic rings. The highest BCUT2D eigenvalue weighted by atomic mass is 32.3. The third-order valence-corrected chi connectivity index (χ3v) is 12.0. The molecule has 0 radical (unpaired) electrons. The van der Waals surface area contributed by atoms with Crippen molar-refractivity contribution in [3.05, 3.63) is 72.0 Å². The largest absolute Gasteiger partial charge is 0.490 e. The van der Waals surface area contributed by atoms with Gasteiger partial charge in [-0.2, -0.15) is 4.31 Å². The van der Waals surface area contributed by atoms with Crippen molar-refractivity contribution in [1.82, 2.24) is 9.21 Å². The number of hydrogen-bond acceptors (Lipinski definition) is 8. The predicted molar refractivity (Wildman–Crippen MR) is 193 cm³/mol. The van der Waals surface area contributed by atoms with Crippen LogP contribution in [-0.2, 0) is 4.74 Å². The molecule has 2 fully saturated rings. The molecule has 270 valence electrons. The van der Waals surface area contributed by atoms with Crippen LogP contribution in [0.3, 0.4) is 0 Å². The molecule has 0 bridgehead atoms. The second-order valence-electron chi connectivity index (χ2n) is 14.6. The van der Waals surface area contributed by atoms with E-state index in [1.165, 1.54) is 18.6 Å². The standard InChI is InChI=1S/C38H48FN3O7S/c1-38(2,3)49-37(45)41-19-17-28(18-20-41)48-34-23-32-35(22-29(34)26-15-16-31(39)30(21-26)36(43)44)50(46,47)40(4)33(25-11-7-5-8-12-25)24-42(32)27-13-9-6-10-14-27/h6,9-10,13-16,21-23,25,28,33,46-47H,5,7-8,11-12,17-20,24H2,1-4H3,(H,43,44). The quantitative estimate of drug-likeness (QED) is 0.230. The van der Waals surface area contributed by atoms with Gasteiger partial charge in [-0.3, -0.25) is 9.11 Å². The number of ether oxygens (including phenoxy) is 2. The summed E-state index contributed by atoms with van der Waals surface area (Å²) in [5.74, 6) is -1.62. The number of fused-ring (bicyclic) bond motifs is 1. The van der Waals surface area contributed by atoms with Gasteiger partial charge in [0.2, 0.25) is 0 Å². The number of carbonyl (C=O) groups is 2. The molecular weight excluding hydrogens is 661 g/mol. The third kappa shape index (κ3) is 7.58. The molecule has 1 unspecified atom stereocenters. The van der Waals surface area contributed by atoms with Crippen LogP contribution >= 0.6 is 10.8 Å². The summed E-state index contributed by atoms with van der Waals surface area (Å²) in [6, 6.07) is 17.0. The number of carboxylic acids is 1. The number of nitrogens with zero attached hydrogens (tertiary/aromatic N) is 3. The maximum absolute atomic E-state index is 14.6. The number of piperidine rings is 1. The number of likely N-dealkylation sites (N-methyl/N-ethyl adjacent to an activating group) is 1. The van der Waals surface area contributed by atoms with Gasteiger partial charge < -0.3 is 24.4 Å². The van der Waals surface area contributed by atoms with Crippen LogP contribution in [0.4, 0.5) is 20.6 Å². The maximum atomic E-state index is 14.6. The average Bonchev–Trinajstić information content (AvgIpc) is 3.16. The molecule has 0 spiro atoms. The van der Waals surface area contributed by atoms with Crippen molar-refractivity contribution in [2.75, 3.05) is 31.6 Å². The Balaban J connectivity index is 1.45. The minimum absolute atomic E-state index is 0.164. The number of benzene rings is 3. The molecule has 1 atom stereocenters. The first-order valence-electron chi connectivity index (χ1n) is 17.4. The second kappa shape index (κ2) is 14.4. The molecule has 3 aromatic carbocycles. The molecular formula is C38H48FN3O7S. The van der Waals surface area contributed by atoms with Crippen molar-refractivity contribution >= 4 is 34.2 Å². The van der Waals surface area contributed by atoms with Gasteiger partial charge in [0.25, 0.3) is 0 Å². The maximum Gasteiger partial charge on any atom is 0.410 e. The van der Waals surface area contributed by atoms with Crippen molar-refractivity contribution in [2.24, 2.45) is 5.92 Å². The lowest BCUT2D eigenvalue weighted by molar-refractivity contribution is 0.0127. The van der Waals surface area contributed by atoms with E-state index in [9.17, 15) is 28.2 Å². The zero-order chi connectivity index (χ0) is 35.8. The van der Waals surface area contributed by atoms with Gasteiger partial charge in [0.05, 0.1) is 16.1 Å². The number of rotatable bonds is 6. The highest BCUT2D eigenvalue weighted by Crippen LogP contribution is 2.61. The fraction of sp³-hybridized carbons (Fsp3) is 0.474. The lowest BCUT2D eigenvalue weighted by atomic mass is 9.83. The van der Waals surface area contributed by atoms with Crippen molar-refractivity contribution in [2.45, 2.75) is 88.4 Å². The van der Waals surface area contributed by atoms with E-state index in [0.717, 1.165) is 37.4 Å². The normalized spacial score (nSPS) is 21.2. The van der Waals surface area contributed by atoms with Crippen molar-refractivity contribution in [1.29, 1.82) is 0 Å². The number of halogens is 1. The number of amides is 1. The van der Waals surface area contributed by atoms with Crippen LogP contribution in [0.15, 0.2) is 65.6 Å². The number of likely N-dealkylation sites (tertiary alicyclic amines) is 1. The van der Waals surface area contributed by atoms with Crippen molar-refractivity contribution < 1.29 is 37.7 Å². The summed E-state index contributed by atoms with van der Waals surface area (Å²) in [7, 11) is -1.78. The minimum atomic E-state index is -3.56. The first-order chi connectivity index (χ1) is 23.7. The van der Waals surface area contributed by atoms with Gasteiger partial charge in [-0.15, -0.1) is 10.8 Å². The van der Waals surface area contributed by atoms with Gasteiger partial charge in [0.1, 0.15) is 23.3 Å². The van der Waals surface area contributed by atoms with Crippen LogP contribution in [0.2, 0.25) is 0 Å². The van der Waals surface area contributed by atoms with Crippen LogP contribution in [0.1, 0.15) is 76.1 Å². The highest BCUT2D eigenvalue weighted by Gasteiger charge is 2.42. The van der Waals surface area contributed by atoms with Crippen LogP contribution in [0, 0.1) is 11.7 Å². The Bertz CT molecular complexity index is 1700. The molecule has 1 aliphatic carbocycles. The molecule has 50 heavy (non-hydrogen) atoms. The predicted octanol–water partition coefficient (Wildman–Crippen LogP) is 9.03. The summed E-state index contributed by atoms with van der Waals surface area (Å²) in [4.78, 5) is 28.8. The number of aromatic carboxylic acids is 1. The Morgan fingerprint density at radius 1 is 0.920 bits per heavy atom. The SMILES string of the molecule is CN1C(C2CCCCC2)CN(c2ccccc2)c2cc(OC3CCN(C(=O)OC(C)(C)C)CC3)c(-c3ccc(F)c(C(=O)O)c3)cc2S1(O)O. The molecule has 3 N–H and O–H groups in total. The Labute approximate surface area is 295 Å². The van der Waals surface area contributed by atoms with E-state index in [4.69, 9.17) is 9.47 Å². The number of anilines is 2. The fourth-order valence-corrected chi connectivity index (χ4v) is 9.04. The molecule has 2 heterocycles. The first-order valence-corrected chi connectivity index (χ1v) is 18.9. The fourth-order valence-electron chi connectivity index (χ4n) is 7.38. The lowest BCUT2D eigenvalue weighted by Gasteiger charge is -2.46. The zero-order valence-corrected chi connectivity index (χ0v) is 30.0. The molecule has 6 rings (SSSR count). The summed E-state index contributed by atoms with van der Waals surface area (Å²) in [5, 5.41) is 9.77. The third-order valence-electron chi connectivity index (χ3n) is 10.0. The van der Waals surface area contributed by atoms with E-state index in [0.29, 0.717) is 55.0 Å². The smallest absolute Gasteiger partial charge is 0.410 e. The first kappa shape index (κ1) is 36.0. The molecule has 10 nitrogen and oxygen atoms in total. The molecule has 2 aliphatic heterocycles. The van der Waals surface area contributed by atoms with Gasteiger partial charge in [-0.1, -0.05) is 43.5 Å². The molecule has 0 aromatic heterocycles. The Hall–Kier alpha value is -3.84. The number of para-hydroxylation sites is 1. The van der Waals surface area contributed by atoms with Crippen molar-refractivity contribution in [3.8, 4) is 16.9 Å². The van der Waals surface area contributed by atoms with E-state index in [1.54, 1.807) is 22.3 Å². The Morgan fingerprint density at radius 3 is 2.24 bits per heavy atom. The molecule has 3 aliphatic rings. The van der Waals surface area contributed by atoms with Crippen LogP contribution < -0.4 is 9.64 Å². The summed E-state index contributed by atoms with van der Waals surface area (Å²) < 4.78 is 53.0. The number of hydrogen-bond donors (Lipinski definition) is 3. The van der Waals surface area contributed by atoms with E-state index < -0.39 is 33.7 Å². The van der Waals surface area contributed by atoms with Gasteiger partial charge in [-0.05, 0) is 75.4 Å². The summed E-state index contributed by atoms with van der Waals surface area (Å²) in [6.45, 7) is 6.84.